The summed E-state index contributed by atoms with van der Waals surface area (Å²) < 4.78 is 2.48. The first-order valence-corrected chi connectivity index (χ1v) is 8.42. The average molecular weight is 346 g/mol. The van der Waals surface area contributed by atoms with Crippen molar-refractivity contribution in [3.8, 4) is 5.69 Å². The highest BCUT2D eigenvalue weighted by molar-refractivity contribution is 7.16. The number of carbonyl (C=O) groups is 1. The third kappa shape index (κ3) is 3.46. The molecule has 0 saturated carbocycles. The van der Waals surface area contributed by atoms with Crippen molar-refractivity contribution in [2.24, 2.45) is 0 Å². The zero-order chi connectivity index (χ0) is 16.4. The fraction of sp³-hybridized carbons (Fsp3) is 0.176. The van der Waals surface area contributed by atoms with Gasteiger partial charge in [0.25, 0.3) is 5.91 Å². The number of nitrogens with one attached hydrogen (secondary N) is 1. The Kier molecular flexibility index (Phi) is 4.50. The summed E-state index contributed by atoms with van der Waals surface area (Å²) in [5, 5.41) is 7.37. The standard InChI is InChI=1S/C17H16ClN3OS/c1-11-10-14(20-21(11)13-6-4-3-5-7-13)17(22)19-12(2)15-8-9-16(18)23-15/h3-10,12H,1-2H3,(H,19,22). The van der Waals surface area contributed by atoms with Gasteiger partial charge in [-0.1, -0.05) is 29.8 Å². The van der Waals surface area contributed by atoms with Crippen LogP contribution in [-0.2, 0) is 0 Å². The number of nitrogens with zero attached hydrogens (tertiary/aromatic N) is 2. The summed E-state index contributed by atoms with van der Waals surface area (Å²) in [6, 6.07) is 15.2. The number of para-hydroxylation sites is 1. The van der Waals surface area contributed by atoms with E-state index < -0.39 is 0 Å². The van der Waals surface area contributed by atoms with Crippen LogP contribution in [0.2, 0.25) is 4.34 Å². The molecule has 2 heterocycles. The lowest BCUT2D eigenvalue weighted by Crippen LogP contribution is -2.26. The summed E-state index contributed by atoms with van der Waals surface area (Å²) >= 11 is 7.40. The summed E-state index contributed by atoms with van der Waals surface area (Å²) in [6.07, 6.45) is 0. The third-order valence-corrected chi connectivity index (χ3v) is 4.90. The molecule has 23 heavy (non-hydrogen) atoms. The molecule has 1 aromatic carbocycles. The Morgan fingerprint density at radius 1 is 1.26 bits per heavy atom. The molecule has 0 aliphatic carbocycles. The van der Waals surface area contributed by atoms with E-state index in [9.17, 15) is 4.79 Å². The Hall–Kier alpha value is -2.11. The van der Waals surface area contributed by atoms with Gasteiger partial charge in [0, 0.05) is 10.6 Å². The Bertz CT molecular complexity index is 825. The normalized spacial score (nSPS) is 12.1. The van der Waals surface area contributed by atoms with Crippen LogP contribution in [0.5, 0.6) is 0 Å². The number of aryl methyl sites for hydroxylation is 1. The van der Waals surface area contributed by atoms with Crippen molar-refractivity contribution in [3.05, 3.63) is 69.1 Å². The van der Waals surface area contributed by atoms with Crippen LogP contribution in [0.15, 0.2) is 48.5 Å². The number of hydrogen-bond acceptors (Lipinski definition) is 3. The van der Waals surface area contributed by atoms with E-state index in [4.69, 9.17) is 11.6 Å². The lowest BCUT2D eigenvalue weighted by Gasteiger charge is -2.10. The number of thiophene rings is 1. The molecule has 1 amide bonds. The molecule has 0 fully saturated rings. The second kappa shape index (κ2) is 6.56. The van der Waals surface area contributed by atoms with E-state index in [2.05, 4.69) is 10.4 Å². The lowest BCUT2D eigenvalue weighted by atomic mass is 10.2. The highest BCUT2D eigenvalue weighted by atomic mass is 35.5. The van der Waals surface area contributed by atoms with Gasteiger partial charge in [0.1, 0.15) is 0 Å². The van der Waals surface area contributed by atoms with Gasteiger partial charge in [-0.15, -0.1) is 11.3 Å². The maximum atomic E-state index is 12.4. The van der Waals surface area contributed by atoms with Crippen molar-refractivity contribution < 1.29 is 4.79 Å². The number of carbonyl (C=O) groups excluding carboxylic acids is 1. The first-order valence-electron chi connectivity index (χ1n) is 7.23. The number of benzene rings is 1. The second-order valence-corrected chi connectivity index (χ2v) is 7.00. The second-order valence-electron chi connectivity index (χ2n) is 5.26. The summed E-state index contributed by atoms with van der Waals surface area (Å²) in [5.41, 5.74) is 2.25. The van der Waals surface area contributed by atoms with E-state index >= 15 is 0 Å². The molecule has 2 aromatic heterocycles. The van der Waals surface area contributed by atoms with Crippen molar-refractivity contribution in [1.82, 2.24) is 15.1 Å². The average Bonchev–Trinajstić information content (AvgIpc) is 3.14. The van der Waals surface area contributed by atoms with Crippen LogP contribution in [0.4, 0.5) is 0 Å². The predicted molar refractivity (Wildman–Crippen MR) is 93.5 cm³/mol. The van der Waals surface area contributed by atoms with Crippen LogP contribution < -0.4 is 5.32 Å². The molecule has 118 valence electrons. The van der Waals surface area contributed by atoms with Crippen molar-refractivity contribution >= 4 is 28.8 Å². The van der Waals surface area contributed by atoms with E-state index in [1.807, 2.05) is 56.3 Å². The van der Waals surface area contributed by atoms with Gasteiger partial charge in [-0.05, 0) is 44.2 Å². The molecule has 0 spiro atoms. The van der Waals surface area contributed by atoms with Crippen LogP contribution >= 0.6 is 22.9 Å². The molecule has 1 unspecified atom stereocenters. The van der Waals surface area contributed by atoms with Gasteiger partial charge >= 0.3 is 0 Å². The predicted octanol–water partition coefficient (Wildman–Crippen LogP) is 4.39. The minimum Gasteiger partial charge on any atom is -0.343 e. The first kappa shape index (κ1) is 15.8. The molecule has 4 nitrogen and oxygen atoms in total. The van der Waals surface area contributed by atoms with Crippen LogP contribution in [0.25, 0.3) is 5.69 Å². The van der Waals surface area contributed by atoms with Crippen LogP contribution in [0, 0.1) is 6.92 Å². The Morgan fingerprint density at radius 2 is 2.00 bits per heavy atom. The SMILES string of the molecule is Cc1cc(C(=O)NC(C)c2ccc(Cl)s2)nn1-c1ccccc1. The number of halogens is 1. The Morgan fingerprint density at radius 3 is 2.65 bits per heavy atom. The number of hydrogen-bond donors (Lipinski definition) is 1. The zero-order valence-electron chi connectivity index (χ0n) is 12.8. The molecule has 6 heteroatoms. The van der Waals surface area contributed by atoms with E-state index in [1.165, 1.54) is 11.3 Å². The van der Waals surface area contributed by atoms with Crippen molar-refractivity contribution in [2.75, 3.05) is 0 Å². The van der Waals surface area contributed by atoms with Crippen LogP contribution in [0.3, 0.4) is 0 Å². The molecule has 1 N–H and O–H groups in total. The quantitative estimate of drug-likeness (QED) is 0.762. The van der Waals surface area contributed by atoms with Gasteiger partial charge in [0.05, 0.1) is 16.1 Å². The first-order chi connectivity index (χ1) is 11.0. The molecule has 0 radical (unpaired) electrons. The molecule has 3 rings (SSSR count). The monoisotopic (exact) mass is 345 g/mol. The summed E-state index contributed by atoms with van der Waals surface area (Å²) in [5.74, 6) is -0.195. The van der Waals surface area contributed by atoms with Crippen molar-refractivity contribution in [3.63, 3.8) is 0 Å². The van der Waals surface area contributed by atoms with Gasteiger partial charge in [-0.3, -0.25) is 4.79 Å². The number of rotatable bonds is 4. The number of aromatic nitrogens is 2. The van der Waals surface area contributed by atoms with Gasteiger partial charge in [0.2, 0.25) is 0 Å². The largest absolute Gasteiger partial charge is 0.343 e. The molecular weight excluding hydrogens is 330 g/mol. The maximum absolute atomic E-state index is 12.4. The Balaban J connectivity index is 1.78. The third-order valence-electron chi connectivity index (χ3n) is 3.49. The van der Waals surface area contributed by atoms with Gasteiger partial charge in [-0.2, -0.15) is 5.10 Å². The topological polar surface area (TPSA) is 46.9 Å². The highest BCUT2D eigenvalue weighted by Crippen LogP contribution is 2.26. The Labute approximate surface area is 143 Å². The van der Waals surface area contributed by atoms with E-state index in [0.717, 1.165) is 16.3 Å². The van der Waals surface area contributed by atoms with Crippen molar-refractivity contribution in [1.29, 1.82) is 0 Å². The maximum Gasteiger partial charge on any atom is 0.272 e. The van der Waals surface area contributed by atoms with Gasteiger partial charge in [-0.25, -0.2) is 4.68 Å². The van der Waals surface area contributed by atoms with E-state index in [1.54, 1.807) is 10.7 Å². The van der Waals surface area contributed by atoms with Crippen LogP contribution in [0.1, 0.15) is 34.0 Å². The van der Waals surface area contributed by atoms with Crippen molar-refractivity contribution in [2.45, 2.75) is 19.9 Å². The van der Waals surface area contributed by atoms with E-state index in [-0.39, 0.29) is 11.9 Å². The summed E-state index contributed by atoms with van der Waals surface area (Å²) in [4.78, 5) is 13.4. The van der Waals surface area contributed by atoms with Gasteiger partial charge < -0.3 is 5.32 Å². The van der Waals surface area contributed by atoms with Gasteiger partial charge in [0.15, 0.2) is 5.69 Å². The summed E-state index contributed by atoms with van der Waals surface area (Å²) in [6.45, 7) is 3.86. The minimum atomic E-state index is -0.195. The lowest BCUT2D eigenvalue weighted by molar-refractivity contribution is 0.0935. The molecule has 0 saturated heterocycles. The fourth-order valence-corrected chi connectivity index (χ4v) is 3.38. The zero-order valence-corrected chi connectivity index (χ0v) is 14.4. The van der Waals surface area contributed by atoms with E-state index in [0.29, 0.717) is 10.0 Å². The fourth-order valence-electron chi connectivity index (χ4n) is 2.32. The molecule has 0 bridgehead atoms. The molecule has 0 aliphatic heterocycles. The minimum absolute atomic E-state index is 0.109. The molecule has 0 aliphatic rings. The van der Waals surface area contributed by atoms with Crippen LogP contribution in [-0.4, -0.2) is 15.7 Å². The highest BCUT2D eigenvalue weighted by Gasteiger charge is 2.17. The summed E-state index contributed by atoms with van der Waals surface area (Å²) in [7, 11) is 0. The molecule has 3 aromatic rings. The molecular formula is C17H16ClN3OS. The molecule has 1 atom stereocenters. The smallest absolute Gasteiger partial charge is 0.272 e. The number of amides is 1.